The molecule has 0 rings (SSSR count). The molecule has 0 aromatic carbocycles. The molecule has 0 aliphatic carbocycles. The van der Waals surface area contributed by atoms with Crippen molar-refractivity contribution in [1.82, 2.24) is 15.4 Å². The number of amides is 1. The maximum absolute atomic E-state index is 11.9. The van der Waals surface area contributed by atoms with Crippen LogP contribution in [0.15, 0.2) is 0 Å². The monoisotopic (exact) mass is 231 g/mol. The first kappa shape index (κ1) is 15.3. The molecule has 0 heterocycles. The van der Waals surface area contributed by atoms with Crippen LogP contribution < -0.4 is 11.3 Å². The van der Waals surface area contributed by atoms with Gasteiger partial charge in [0.1, 0.15) is 6.54 Å². The summed E-state index contributed by atoms with van der Waals surface area (Å²) >= 11 is 0. The summed E-state index contributed by atoms with van der Waals surface area (Å²) in [4.78, 5) is 11.9. The first-order chi connectivity index (χ1) is 7.36. The number of quaternary nitrogens is 1. The standard InChI is InChI=1S/C11H26N4O/c1-9(2)6-14(12)8-11(16)15(13-5)7-10(3)4/h9-10,13H,6-8,12H2,1-5H3/p+1. The zero-order chi connectivity index (χ0) is 12.7. The Hall–Kier alpha value is -0.650. The first-order valence-corrected chi connectivity index (χ1v) is 5.90. The van der Waals surface area contributed by atoms with Crippen LogP contribution in [0.4, 0.5) is 0 Å². The normalized spacial score (nSPS) is 11.6. The Morgan fingerprint density at radius 2 is 1.69 bits per heavy atom. The van der Waals surface area contributed by atoms with Crippen LogP contribution in [0.5, 0.6) is 0 Å². The highest BCUT2D eigenvalue weighted by molar-refractivity contribution is 5.77. The second-order valence-electron chi connectivity index (χ2n) is 5.03. The van der Waals surface area contributed by atoms with Crippen molar-refractivity contribution < 1.29 is 10.6 Å². The van der Waals surface area contributed by atoms with Crippen LogP contribution in [0.1, 0.15) is 27.7 Å². The second kappa shape index (κ2) is 7.60. The van der Waals surface area contributed by atoms with E-state index in [0.717, 1.165) is 13.1 Å². The number of hydrogen-bond donors (Lipinski definition) is 2. The number of carbonyl (C=O) groups is 1. The molecule has 0 atom stereocenters. The van der Waals surface area contributed by atoms with Crippen LogP contribution >= 0.6 is 0 Å². The first-order valence-electron chi connectivity index (χ1n) is 5.90. The van der Waals surface area contributed by atoms with Crippen molar-refractivity contribution in [3.05, 3.63) is 0 Å². The Labute approximate surface area is 98.9 Å². The molecule has 0 unspecified atom stereocenters. The van der Waals surface area contributed by atoms with E-state index in [1.807, 2.05) is 5.01 Å². The van der Waals surface area contributed by atoms with Crippen molar-refractivity contribution in [3.8, 4) is 0 Å². The zero-order valence-corrected chi connectivity index (χ0v) is 11.3. The topological polar surface area (TPSA) is 63.2 Å². The minimum atomic E-state index is 0.0758. The molecule has 0 fully saturated rings. The van der Waals surface area contributed by atoms with Gasteiger partial charge in [-0.2, -0.15) is 5.01 Å². The molecule has 0 radical (unpaired) electrons. The fourth-order valence-electron chi connectivity index (χ4n) is 1.54. The van der Waals surface area contributed by atoms with Gasteiger partial charge in [0, 0.05) is 13.6 Å². The number of nitrogens with one attached hydrogen (secondary N) is 1. The lowest BCUT2D eigenvalue weighted by molar-refractivity contribution is -0.573. The fraction of sp³-hybridized carbons (Fsp3) is 0.909. The lowest BCUT2D eigenvalue weighted by Crippen LogP contribution is -2.70. The maximum atomic E-state index is 11.9. The smallest absolute Gasteiger partial charge is 0.256 e. The van der Waals surface area contributed by atoms with Gasteiger partial charge < -0.3 is 0 Å². The molecule has 5 heteroatoms. The van der Waals surface area contributed by atoms with Crippen molar-refractivity contribution in [2.45, 2.75) is 27.7 Å². The third-order valence-corrected chi connectivity index (χ3v) is 2.10. The van der Waals surface area contributed by atoms with Crippen molar-refractivity contribution in [2.75, 3.05) is 26.7 Å². The molecule has 0 aliphatic heterocycles. The molecule has 0 aromatic heterocycles. The molecule has 4 N–H and O–H groups in total. The molecule has 5 nitrogen and oxygen atoms in total. The summed E-state index contributed by atoms with van der Waals surface area (Å²) in [5.41, 5.74) is 2.92. The summed E-state index contributed by atoms with van der Waals surface area (Å²) < 4.78 is 0. The van der Waals surface area contributed by atoms with Crippen LogP contribution in [0, 0.1) is 11.8 Å². The van der Waals surface area contributed by atoms with Crippen LogP contribution in [-0.4, -0.2) is 42.6 Å². The Bertz CT molecular complexity index is 206. The quantitative estimate of drug-likeness (QED) is 0.592. The molecule has 0 saturated carbocycles. The summed E-state index contributed by atoms with van der Waals surface area (Å²) in [7, 11) is 1.77. The van der Waals surface area contributed by atoms with Gasteiger partial charge in [0.2, 0.25) is 0 Å². The van der Waals surface area contributed by atoms with Gasteiger partial charge in [-0.25, -0.2) is 5.43 Å². The van der Waals surface area contributed by atoms with Gasteiger partial charge >= 0.3 is 0 Å². The summed E-state index contributed by atoms with van der Waals surface area (Å²) in [5.74, 6) is 4.93. The van der Waals surface area contributed by atoms with E-state index in [2.05, 4.69) is 39.0 Å². The highest BCUT2D eigenvalue weighted by Crippen LogP contribution is 1.98. The van der Waals surface area contributed by atoms with Gasteiger partial charge in [-0.1, -0.05) is 27.7 Å². The van der Waals surface area contributed by atoms with E-state index >= 15 is 0 Å². The second-order valence-corrected chi connectivity index (χ2v) is 5.03. The average molecular weight is 231 g/mol. The lowest BCUT2D eigenvalue weighted by atomic mass is 10.2. The van der Waals surface area contributed by atoms with Gasteiger partial charge in [0.15, 0.2) is 0 Å². The highest BCUT2D eigenvalue weighted by Gasteiger charge is 2.17. The molecule has 16 heavy (non-hydrogen) atoms. The number of rotatable bonds is 7. The summed E-state index contributed by atoms with van der Waals surface area (Å²) in [6.07, 6.45) is 0. The van der Waals surface area contributed by atoms with E-state index in [4.69, 9.17) is 0 Å². The van der Waals surface area contributed by atoms with Crippen molar-refractivity contribution >= 4 is 5.91 Å². The van der Waals surface area contributed by atoms with Gasteiger partial charge in [-0.3, -0.25) is 15.6 Å². The minimum absolute atomic E-state index is 0.0758. The Balaban J connectivity index is 4.10. The average Bonchev–Trinajstić information content (AvgIpc) is 2.11. The predicted octanol–water partition coefficient (Wildman–Crippen LogP) is -0.280. The molecule has 0 saturated heterocycles. The third-order valence-electron chi connectivity index (χ3n) is 2.10. The van der Waals surface area contributed by atoms with E-state index in [-0.39, 0.29) is 5.91 Å². The van der Waals surface area contributed by atoms with Crippen LogP contribution in [0.3, 0.4) is 0 Å². The summed E-state index contributed by atoms with van der Waals surface area (Å²) in [6, 6.07) is 0. The van der Waals surface area contributed by atoms with Crippen LogP contribution in [-0.2, 0) is 4.79 Å². The Kier molecular flexibility index (Phi) is 7.29. The van der Waals surface area contributed by atoms with Gasteiger partial charge in [-0.15, -0.1) is 0 Å². The Morgan fingerprint density at radius 3 is 2.06 bits per heavy atom. The fourth-order valence-corrected chi connectivity index (χ4v) is 1.54. The van der Waals surface area contributed by atoms with Gasteiger partial charge in [0.05, 0.1) is 6.54 Å². The van der Waals surface area contributed by atoms with Crippen molar-refractivity contribution in [3.63, 3.8) is 0 Å². The van der Waals surface area contributed by atoms with E-state index in [1.54, 1.807) is 12.1 Å². The molecule has 1 amide bonds. The van der Waals surface area contributed by atoms with E-state index < -0.39 is 0 Å². The molecule has 0 spiro atoms. The lowest BCUT2D eigenvalue weighted by Gasteiger charge is -2.25. The summed E-state index contributed by atoms with van der Waals surface area (Å²) in [6.45, 7) is 10.3. The zero-order valence-electron chi connectivity index (χ0n) is 11.3. The molecule has 0 bridgehead atoms. The molecular formula is C11H27N4O+. The minimum Gasteiger partial charge on any atom is -0.277 e. The van der Waals surface area contributed by atoms with E-state index in [1.165, 1.54) is 0 Å². The number of carbonyl (C=O) groups excluding carboxylic acids is 1. The summed E-state index contributed by atoms with van der Waals surface area (Å²) in [5, 5.41) is 3.47. The van der Waals surface area contributed by atoms with Gasteiger partial charge in [-0.05, 0) is 11.8 Å². The van der Waals surface area contributed by atoms with Crippen LogP contribution in [0.25, 0.3) is 0 Å². The largest absolute Gasteiger partial charge is 0.277 e. The third kappa shape index (κ3) is 6.76. The number of hydrazine groups is 1. The van der Waals surface area contributed by atoms with E-state index in [0.29, 0.717) is 18.4 Å². The molecule has 0 aliphatic rings. The Morgan fingerprint density at radius 1 is 1.19 bits per heavy atom. The number of hydrogen-bond acceptors (Lipinski definition) is 3. The van der Waals surface area contributed by atoms with Gasteiger partial charge in [0.25, 0.3) is 5.91 Å². The van der Waals surface area contributed by atoms with Crippen molar-refractivity contribution in [1.29, 1.82) is 0 Å². The molecular weight excluding hydrogens is 204 g/mol. The highest BCUT2D eigenvalue weighted by atomic mass is 16.2. The molecule has 96 valence electrons. The van der Waals surface area contributed by atoms with Crippen LogP contribution in [0.2, 0.25) is 0 Å². The van der Waals surface area contributed by atoms with Crippen molar-refractivity contribution in [2.24, 2.45) is 11.8 Å². The maximum Gasteiger partial charge on any atom is 0.256 e. The number of nitrogens with zero attached hydrogens (tertiary/aromatic N) is 2. The van der Waals surface area contributed by atoms with E-state index in [9.17, 15) is 4.79 Å². The SMILES string of the molecule is CNN(CC(C)C)C(=O)CN([NH3+])CC(C)C. The predicted molar refractivity (Wildman–Crippen MR) is 64.9 cm³/mol. The molecule has 0 aromatic rings.